The molecule has 0 spiro atoms. The largest absolute Gasteiger partial charge is 0.343 e. The molecule has 12 heteroatoms. The third-order valence-electron chi connectivity index (χ3n) is 5.76. The fourth-order valence-electron chi connectivity index (χ4n) is 3.72. The molecule has 1 heterocycles. The quantitative estimate of drug-likeness (QED) is 0.427. The minimum absolute atomic E-state index is 0.0476. The van der Waals surface area contributed by atoms with Crippen LogP contribution >= 0.6 is 0 Å². The van der Waals surface area contributed by atoms with Gasteiger partial charge in [-0.3, -0.25) is 9.59 Å². The smallest absolute Gasteiger partial charge is 0.244 e. The van der Waals surface area contributed by atoms with E-state index in [1.54, 1.807) is 31.2 Å². The zero-order valence-corrected chi connectivity index (χ0v) is 22.4. The summed E-state index contributed by atoms with van der Waals surface area (Å²) in [7, 11) is -4.45. The lowest BCUT2D eigenvalue weighted by molar-refractivity contribution is -0.143. The zero-order chi connectivity index (χ0) is 26.6. The highest BCUT2D eigenvalue weighted by atomic mass is 32.2. The van der Waals surface area contributed by atoms with Gasteiger partial charge < -0.3 is 9.80 Å². The summed E-state index contributed by atoms with van der Waals surface area (Å²) in [6, 6.07) is 4.68. The number of hydrogen-bond donors (Lipinski definition) is 1. The molecule has 194 valence electrons. The molecule has 2 amide bonds. The second kappa shape index (κ2) is 11.5. The molecular formula is C23H34N4O6S2. The summed E-state index contributed by atoms with van der Waals surface area (Å²) in [6.45, 7) is 7.61. The van der Waals surface area contributed by atoms with Crippen molar-refractivity contribution >= 4 is 37.9 Å². The Morgan fingerprint density at radius 1 is 1.29 bits per heavy atom. The summed E-state index contributed by atoms with van der Waals surface area (Å²) >= 11 is 0. The fraction of sp³-hybridized carbons (Fsp3) is 0.478. The second-order valence-corrected chi connectivity index (χ2v) is 12.5. The highest BCUT2D eigenvalue weighted by molar-refractivity contribution is 7.89. The molecule has 1 N–H and O–H groups in total. The highest BCUT2D eigenvalue weighted by Gasteiger charge is 2.43. The van der Waals surface area contributed by atoms with Crippen LogP contribution in [-0.4, -0.2) is 94.8 Å². The van der Waals surface area contributed by atoms with Gasteiger partial charge in [0.1, 0.15) is 12.1 Å². The summed E-state index contributed by atoms with van der Waals surface area (Å²) in [5.74, 6) is -0.810. The van der Waals surface area contributed by atoms with Crippen LogP contribution in [0.15, 0.2) is 47.4 Å². The molecule has 1 aliphatic rings. The van der Waals surface area contributed by atoms with E-state index in [0.29, 0.717) is 5.56 Å². The molecule has 0 saturated carbocycles. The summed E-state index contributed by atoms with van der Waals surface area (Å²) < 4.78 is 52.3. The number of nitrogens with zero attached hydrogens (tertiary/aromatic N) is 3. The molecule has 0 radical (unpaired) electrons. The fourth-order valence-corrected chi connectivity index (χ4v) is 5.58. The first-order chi connectivity index (χ1) is 16.1. The van der Waals surface area contributed by atoms with E-state index in [2.05, 4.69) is 11.3 Å². The van der Waals surface area contributed by atoms with Crippen molar-refractivity contribution in [2.75, 3.05) is 40.0 Å². The molecule has 0 bridgehead atoms. The van der Waals surface area contributed by atoms with Crippen LogP contribution < -0.4 is 4.72 Å². The van der Waals surface area contributed by atoms with Gasteiger partial charge in [-0.15, -0.1) is 0 Å². The molecule has 2 rings (SSSR count). The Labute approximate surface area is 208 Å². The van der Waals surface area contributed by atoms with Gasteiger partial charge in [0.15, 0.2) is 0 Å². The van der Waals surface area contributed by atoms with E-state index in [9.17, 15) is 26.4 Å². The van der Waals surface area contributed by atoms with Crippen molar-refractivity contribution in [2.24, 2.45) is 0 Å². The van der Waals surface area contributed by atoms with Gasteiger partial charge in [0.2, 0.25) is 31.9 Å². The van der Waals surface area contributed by atoms with E-state index in [1.807, 2.05) is 6.92 Å². The summed E-state index contributed by atoms with van der Waals surface area (Å²) in [4.78, 5) is 28.7. The number of hydrogen-bond acceptors (Lipinski definition) is 6. The van der Waals surface area contributed by atoms with Gasteiger partial charge in [-0.05, 0) is 38.0 Å². The molecule has 1 fully saturated rings. The van der Waals surface area contributed by atoms with Gasteiger partial charge in [-0.2, -0.15) is 4.31 Å². The molecular weight excluding hydrogens is 492 g/mol. The Bertz CT molecular complexity index is 1210. The van der Waals surface area contributed by atoms with E-state index in [-0.39, 0.29) is 36.9 Å². The number of sulfonamides is 2. The van der Waals surface area contributed by atoms with Gasteiger partial charge in [-0.25, -0.2) is 21.6 Å². The van der Waals surface area contributed by atoms with Crippen LogP contribution in [0.5, 0.6) is 0 Å². The first-order valence-corrected chi connectivity index (χ1v) is 14.4. The van der Waals surface area contributed by atoms with Crippen LogP contribution in [0.1, 0.15) is 25.8 Å². The Morgan fingerprint density at radius 3 is 2.54 bits per heavy atom. The molecule has 1 aromatic rings. The molecule has 0 aromatic heterocycles. The molecule has 1 aliphatic heterocycles. The van der Waals surface area contributed by atoms with E-state index < -0.39 is 38.0 Å². The third-order valence-corrected chi connectivity index (χ3v) is 8.35. The van der Waals surface area contributed by atoms with Crippen molar-refractivity contribution in [3.63, 3.8) is 0 Å². The molecule has 0 aliphatic carbocycles. The molecule has 1 aromatic carbocycles. The second-order valence-electron chi connectivity index (χ2n) is 8.71. The number of carbonyl (C=O) groups is 2. The van der Waals surface area contributed by atoms with E-state index in [0.717, 1.165) is 16.1 Å². The maximum atomic E-state index is 13.3. The predicted octanol–water partition coefficient (Wildman–Crippen LogP) is 0.893. The first-order valence-electron chi connectivity index (χ1n) is 11.1. The number of allylic oxidation sites excluding steroid dienone is 2. The van der Waals surface area contributed by atoms with Crippen LogP contribution in [0.4, 0.5) is 0 Å². The number of likely N-dealkylation sites (tertiary alicyclic amines) is 1. The molecule has 10 nitrogen and oxygen atoms in total. The van der Waals surface area contributed by atoms with Crippen molar-refractivity contribution in [3.05, 3.63) is 48.1 Å². The maximum Gasteiger partial charge on any atom is 0.244 e. The Balaban J connectivity index is 2.11. The Kier molecular flexibility index (Phi) is 9.40. The molecule has 35 heavy (non-hydrogen) atoms. The number of carbonyl (C=O) groups excluding carboxylic acids is 2. The van der Waals surface area contributed by atoms with Crippen molar-refractivity contribution in [2.45, 2.75) is 37.2 Å². The molecule has 1 saturated heterocycles. The highest BCUT2D eigenvalue weighted by Crippen LogP contribution is 2.25. The van der Waals surface area contributed by atoms with Gasteiger partial charge in [0, 0.05) is 33.7 Å². The predicted molar refractivity (Wildman–Crippen MR) is 135 cm³/mol. The summed E-state index contributed by atoms with van der Waals surface area (Å²) in [6.07, 6.45) is 4.82. The van der Waals surface area contributed by atoms with Crippen molar-refractivity contribution in [1.82, 2.24) is 18.8 Å². The van der Waals surface area contributed by atoms with Crippen LogP contribution in [0.25, 0.3) is 6.08 Å². The summed E-state index contributed by atoms with van der Waals surface area (Å²) in [5.41, 5.74) is 1.52. The molecule has 2 unspecified atom stereocenters. The lowest BCUT2D eigenvalue weighted by Crippen LogP contribution is -2.50. The van der Waals surface area contributed by atoms with Gasteiger partial charge in [0.25, 0.3) is 0 Å². The Morgan fingerprint density at radius 2 is 1.94 bits per heavy atom. The van der Waals surface area contributed by atoms with Gasteiger partial charge in [0.05, 0.1) is 11.2 Å². The number of amides is 2. The third kappa shape index (κ3) is 7.47. The first kappa shape index (κ1) is 28.7. The van der Waals surface area contributed by atoms with E-state index >= 15 is 0 Å². The minimum atomic E-state index is -3.96. The van der Waals surface area contributed by atoms with Crippen molar-refractivity contribution in [1.29, 1.82) is 0 Å². The maximum absolute atomic E-state index is 13.3. The average molecular weight is 527 g/mol. The number of benzene rings is 1. The number of likely N-dealkylation sites (N-methyl/N-ethyl adjacent to an activating group) is 2. The summed E-state index contributed by atoms with van der Waals surface area (Å²) in [5, 5.41) is 0. The number of rotatable bonds is 11. The van der Waals surface area contributed by atoms with E-state index in [4.69, 9.17) is 0 Å². The zero-order valence-electron chi connectivity index (χ0n) is 20.8. The Hall–Kier alpha value is -2.54. The monoisotopic (exact) mass is 526 g/mol. The van der Waals surface area contributed by atoms with Crippen LogP contribution in [0.2, 0.25) is 0 Å². The normalized spacial score (nSPS) is 17.8. The SMILES string of the molecule is C=C(C)/C=C\c1cccc(S(=O)(=O)N(C)C2CCN(C(C)C(=O)N(C)CCNS(C)(=O)=O)C2=O)c1. The minimum Gasteiger partial charge on any atom is -0.343 e. The van der Waals surface area contributed by atoms with Gasteiger partial charge >= 0.3 is 0 Å². The van der Waals surface area contributed by atoms with Crippen molar-refractivity contribution < 1.29 is 26.4 Å². The van der Waals surface area contributed by atoms with Crippen LogP contribution in [0, 0.1) is 0 Å². The lowest BCUT2D eigenvalue weighted by atomic mass is 10.2. The van der Waals surface area contributed by atoms with Gasteiger partial charge in [-0.1, -0.05) is 36.4 Å². The number of nitrogens with one attached hydrogen (secondary N) is 1. The average Bonchev–Trinajstić information content (AvgIpc) is 3.16. The molecule has 2 atom stereocenters. The van der Waals surface area contributed by atoms with E-state index in [1.165, 1.54) is 36.0 Å². The standard InChI is InChI=1S/C23H34N4O6S2/c1-17(2)10-11-19-8-7-9-20(16-19)35(32,33)26(5)21-12-14-27(23(21)29)18(3)22(28)25(4)15-13-24-34(6,30)31/h7-11,16,18,21,24H,1,12-15H2,2-6H3/b11-10-. The van der Waals surface area contributed by atoms with Crippen LogP contribution in [-0.2, 0) is 29.6 Å². The lowest BCUT2D eigenvalue weighted by Gasteiger charge is -2.29. The topological polar surface area (TPSA) is 124 Å². The van der Waals surface area contributed by atoms with Crippen LogP contribution in [0.3, 0.4) is 0 Å². The van der Waals surface area contributed by atoms with Crippen molar-refractivity contribution in [3.8, 4) is 0 Å².